The van der Waals surface area contributed by atoms with Crippen molar-refractivity contribution in [3.05, 3.63) is 65.6 Å². The first-order valence-electron chi connectivity index (χ1n) is 8.08. The number of para-hydroxylation sites is 2. The van der Waals surface area contributed by atoms with Gasteiger partial charge in [-0.05, 0) is 31.5 Å². The Morgan fingerprint density at radius 1 is 0.920 bits per heavy atom. The third-order valence-electron chi connectivity index (χ3n) is 4.52. The maximum absolute atomic E-state index is 4.61. The van der Waals surface area contributed by atoms with Crippen molar-refractivity contribution in [2.75, 3.05) is 0 Å². The van der Waals surface area contributed by atoms with Crippen LogP contribution in [0.3, 0.4) is 0 Å². The van der Waals surface area contributed by atoms with E-state index in [4.69, 9.17) is 0 Å². The molecule has 0 radical (unpaired) electrons. The molecule has 3 aromatic heterocycles. The number of nitrogens with zero attached hydrogens (tertiary/aromatic N) is 7. The highest BCUT2D eigenvalue weighted by Gasteiger charge is 2.25. The van der Waals surface area contributed by atoms with Gasteiger partial charge in [-0.1, -0.05) is 17.3 Å². The lowest BCUT2D eigenvalue weighted by Gasteiger charge is -2.09. The Morgan fingerprint density at radius 2 is 1.68 bits per heavy atom. The van der Waals surface area contributed by atoms with Gasteiger partial charge >= 0.3 is 0 Å². The second-order valence-corrected chi connectivity index (χ2v) is 6.19. The van der Waals surface area contributed by atoms with Crippen LogP contribution in [-0.2, 0) is 6.42 Å². The molecule has 0 spiro atoms. The van der Waals surface area contributed by atoms with E-state index in [9.17, 15) is 0 Å². The summed E-state index contributed by atoms with van der Waals surface area (Å²) in [6, 6.07) is 8.13. The number of rotatable bonds is 1. The van der Waals surface area contributed by atoms with Gasteiger partial charge < -0.3 is 0 Å². The van der Waals surface area contributed by atoms with E-state index < -0.39 is 0 Å². The minimum absolute atomic E-state index is 0.635. The van der Waals surface area contributed by atoms with Crippen LogP contribution in [0.1, 0.15) is 22.6 Å². The van der Waals surface area contributed by atoms with Gasteiger partial charge in [-0.15, -0.1) is 5.10 Å². The predicted octanol–water partition coefficient (Wildman–Crippen LogP) is 2.43. The van der Waals surface area contributed by atoms with Gasteiger partial charge in [-0.3, -0.25) is 4.57 Å². The zero-order valence-electron chi connectivity index (χ0n) is 13.9. The van der Waals surface area contributed by atoms with Gasteiger partial charge in [0.25, 0.3) is 0 Å². The molecule has 1 aromatic carbocycles. The van der Waals surface area contributed by atoms with Gasteiger partial charge in [-0.25, -0.2) is 19.6 Å². The summed E-state index contributed by atoms with van der Waals surface area (Å²) < 4.78 is 4.01. The molecule has 7 nitrogen and oxygen atoms in total. The van der Waals surface area contributed by atoms with Crippen molar-refractivity contribution in [3.8, 4) is 22.9 Å². The minimum Gasteiger partial charge on any atom is -0.300 e. The summed E-state index contributed by atoms with van der Waals surface area (Å²) in [6.07, 6.45) is 6.13. The molecule has 0 atom stereocenters. The van der Waals surface area contributed by atoms with Crippen LogP contribution in [0.2, 0.25) is 0 Å². The number of benzene rings is 1. The van der Waals surface area contributed by atoms with Crippen LogP contribution in [0, 0.1) is 13.8 Å². The standard InChI is InChI=1S/C18H15N7/c1-11-8-19-18(20-9-11)17-16-7-15-12(2)22-23-25(15)14-6-4-3-5-13(14)24(16)10-21-17/h3-6,8-10H,7H2,1-2H3. The second kappa shape index (κ2) is 5.07. The maximum atomic E-state index is 4.61. The summed E-state index contributed by atoms with van der Waals surface area (Å²) in [5, 5.41) is 8.60. The lowest BCUT2D eigenvalue weighted by molar-refractivity contribution is 0.777. The molecular weight excluding hydrogens is 314 g/mol. The van der Waals surface area contributed by atoms with Gasteiger partial charge in [0.15, 0.2) is 5.82 Å². The van der Waals surface area contributed by atoms with E-state index in [1.807, 2.05) is 55.4 Å². The second-order valence-electron chi connectivity index (χ2n) is 6.19. The molecule has 5 rings (SSSR count). The molecule has 0 N–H and O–H groups in total. The molecule has 25 heavy (non-hydrogen) atoms. The Hall–Kier alpha value is -3.35. The number of aromatic nitrogens is 7. The van der Waals surface area contributed by atoms with E-state index in [1.165, 1.54) is 0 Å². The quantitative estimate of drug-likeness (QED) is 0.472. The molecule has 0 unspecified atom stereocenters. The van der Waals surface area contributed by atoms with Gasteiger partial charge in [-0.2, -0.15) is 0 Å². The Morgan fingerprint density at radius 3 is 2.48 bits per heavy atom. The molecule has 4 heterocycles. The zero-order valence-corrected chi connectivity index (χ0v) is 13.9. The molecule has 1 aliphatic heterocycles. The van der Waals surface area contributed by atoms with E-state index in [0.717, 1.165) is 39.7 Å². The SMILES string of the molecule is Cc1cnc(-c2ncn3c2Cc2c(C)nnn2-c2ccccc2-3)nc1. The Labute approximate surface area is 144 Å². The molecule has 0 bridgehead atoms. The van der Waals surface area contributed by atoms with E-state index in [-0.39, 0.29) is 0 Å². The van der Waals surface area contributed by atoms with Crippen LogP contribution in [0.4, 0.5) is 0 Å². The van der Waals surface area contributed by atoms with Crippen LogP contribution in [0.25, 0.3) is 22.9 Å². The summed E-state index contributed by atoms with van der Waals surface area (Å²) in [7, 11) is 0. The van der Waals surface area contributed by atoms with Crippen molar-refractivity contribution in [1.29, 1.82) is 0 Å². The van der Waals surface area contributed by atoms with Crippen molar-refractivity contribution in [2.24, 2.45) is 0 Å². The molecule has 4 aromatic rings. The van der Waals surface area contributed by atoms with Gasteiger partial charge in [0.1, 0.15) is 12.0 Å². The first kappa shape index (κ1) is 14.0. The van der Waals surface area contributed by atoms with Crippen LogP contribution in [-0.4, -0.2) is 34.5 Å². The van der Waals surface area contributed by atoms with Gasteiger partial charge in [0.05, 0.1) is 28.5 Å². The third-order valence-corrected chi connectivity index (χ3v) is 4.52. The fraction of sp³-hybridized carbons (Fsp3) is 0.167. The lowest BCUT2D eigenvalue weighted by atomic mass is 10.1. The molecule has 0 fully saturated rings. The van der Waals surface area contributed by atoms with Crippen molar-refractivity contribution in [1.82, 2.24) is 34.5 Å². The zero-order chi connectivity index (χ0) is 17.0. The predicted molar refractivity (Wildman–Crippen MR) is 91.8 cm³/mol. The highest BCUT2D eigenvalue weighted by atomic mass is 15.4. The molecule has 0 saturated heterocycles. The minimum atomic E-state index is 0.635. The van der Waals surface area contributed by atoms with E-state index >= 15 is 0 Å². The molecule has 7 heteroatoms. The molecule has 0 saturated carbocycles. The summed E-state index contributed by atoms with van der Waals surface area (Å²) >= 11 is 0. The molecule has 0 aliphatic carbocycles. The Bertz CT molecular complexity index is 1090. The van der Waals surface area contributed by atoms with Crippen LogP contribution in [0.15, 0.2) is 43.0 Å². The molecule has 0 amide bonds. The van der Waals surface area contributed by atoms with E-state index in [1.54, 1.807) is 0 Å². The molecular formula is C18H15N7. The smallest absolute Gasteiger partial charge is 0.180 e. The summed E-state index contributed by atoms with van der Waals surface area (Å²) in [5.74, 6) is 0.635. The molecule has 122 valence electrons. The summed E-state index contributed by atoms with van der Waals surface area (Å²) in [6.45, 7) is 3.96. The number of aryl methyl sites for hydroxylation is 2. The first-order chi connectivity index (χ1) is 12.2. The van der Waals surface area contributed by atoms with Crippen molar-refractivity contribution >= 4 is 0 Å². The third kappa shape index (κ3) is 2.02. The van der Waals surface area contributed by atoms with Gasteiger partial charge in [0.2, 0.25) is 0 Å². The topological polar surface area (TPSA) is 74.3 Å². The summed E-state index contributed by atoms with van der Waals surface area (Å²) in [4.78, 5) is 13.5. The average Bonchev–Trinajstić information content (AvgIpc) is 3.17. The van der Waals surface area contributed by atoms with Crippen LogP contribution >= 0.6 is 0 Å². The van der Waals surface area contributed by atoms with E-state index in [0.29, 0.717) is 12.2 Å². The van der Waals surface area contributed by atoms with Crippen molar-refractivity contribution in [2.45, 2.75) is 20.3 Å². The fourth-order valence-corrected chi connectivity index (χ4v) is 3.23. The number of hydrogen-bond donors (Lipinski definition) is 0. The first-order valence-corrected chi connectivity index (χ1v) is 8.08. The number of imidazole rings is 1. The van der Waals surface area contributed by atoms with Gasteiger partial charge in [0, 0.05) is 18.8 Å². The Kier molecular flexibility index (Phi) is 2.85. The van der Waals surface area contributed by atoms with Crippen molar-refractivity contribution in [3.63, 3.8) is 0 Å². The average molecular weight is 329 g/mol. The van der Waals surface area contributed by atoms with Crippen LogP contribution < -0.4 is 0 Å². The normalized spacial score (nSPS) is 12.2. The largest absolute Gasteiger partial charge is 0.300 e. The molecule has 1 aliphatic rings. The fourth-order valence-electron chi connectivity index (χ4n) is 3.23. The van der Waals surface area contributed by atoms with Crippen LogP contribution in [0.5, 0.6) is 0 Å². The monoisotopic (exact) mass is 329 g/mol. The Balaban J connectivity index is 1.80. The van der Waals surface area contributed by atoms with Crippen molar-refractivity contribution < 1.29 is 0 Å². The number of fused-ring (bicyclic) bond motifs is 5. The maximum Gasteiger partial charge on any atom is 0.180 e. The number of hydrogen-bond acceptors (Lipinski definition) is 5. The lowest BCUT2D eigenvalue weighted by Crippen LogP contribution is -2.03. The highest BCUT2D eigenvalue weighted by molar-refractivity contribution is 5.62. The van der Waals surface area contributed by atoms with E-state index in [2.05, 4.69) is 35.9 Å². The summed E-state index contributed by atoms with van der Waals surface area (Å²) in [5.41, 5.74) is 6.85. The highest BCUT2D eigenvalue weighted by Crippen LogP contribution is 2.32.